The van der Waals surface area contributed by atoms with Gasteiger partial charge in [-0.15, -0.1) is 0 Å². The number of rotatable bonds is 3. The summed E-state index contributed by atoms with van der Waals surface area (Å²) in [5, 5.41) is 20.3. The second-order valence-corrected chi connectivity index (χ2v) is 4.64. The second-order valence-electron chi connectivity index (χ2n) is 4.64. The minimum absolute atomic E-state index is 0.173. The van der Waals surface area contributed by atoms with Crippen molar-refractivity contribution >= 4 is 11.7 Å². The van der Waals surface area contributed by atoms with Crippen LogP contribution in [-0.2, 0) is 11.0 Å². The molecule has 4 nitrogen and oxygen atoms in total. The Morgan fingerprint density at radius 2 is 2.10 bits per heavy atom. The van der Waals surface area contributed by atoms with E-state index in [1.54, 1.807) is 0 Å². The molecule has 106 valence electrons. The summed E-state index contributed by atoms with van der Waals surface area (Å²) in [4.78, 5) is 10.8. The Morgan fingerprint density at radius 3 is 2.55 bits per heavy atom. The van der Waals surface area contributed by atoms with Crippen LogP contribution in [0.15, 0.2) is 18.2 Å². The molecule has 0 radical (unpaired) electrons. The first-order valence-electron chi connectivity index (χ1n) is 5.93. The second kappa shape index (κ2) is 5.04. The van der Waals surface area contributed by atoms with Gasteiger partial charge in [0.25, 0.3) is 0 Å². The molecule has 0 aromatic heterocycles. The molecule has 20 heavy (non-hydrogen) atoms. The van der Waals surface area contributed by atoms with Crippen molar-refractivity contribution in [1.82, 2.24) is 0 Å². The Bertz CT molecular complexity index is 578. The summed E-state index contributed by atoms with van der Waals surface area (Å²) >= 11 is 0. The van der Waals surface area contributed by atoms with Gasteiger partial charge in [-0.1, -0.05) is 0 Å². The Kier molecular flexibility index (Phi) is 3.57. The van der Waals surface area contributed by atoms with Crippen LogP contribution in [0.2, 0.25) is 0 Å². The topological polar surface area (TPSA) is 73.1 Å². The van der Waals surface area contributed by atoms with Gasteiger partial charge in [0.2, 0.25) is 0 Å². The van der Waals surface area contributed by atoms with Crippen LogP contribution in [0.25, 0.3) is 0 Å². The predicted molar refractivity (Wildman–Crippen MR) is 63.9 cm³/mol. The fourth-order valence-electron chi connectivity index (χ4n) is 2.15. The zero-order chi connectivity index (χ0) is 14.9. The number of hydrogen-bond donors (Lipinski definition) is 2. The highest BCUT2D eigenvalue weighted by Crippen LogP contribution is 2.35. The Labute approximate surface area is 112 Å². The summed E-state index contributed by atoms with van der Waals surface area (Å²) in [7, 11) is 0. The zero-order valence-electron chi connectivity index (χ0n) is 10.2. The minimum Gasteiger partial charge on any atom is -0.481 e. The fraction of sp³-hybridized carbons (Fsp3) is 0.385. The first-order chi connectivity index (χ1) is 9.32. The SMILES string of the molecule is N#Cc1ccc(NC2CCC2C(=O)O)cc1C(F)(F)F. The van der Waals surface area contributed by atoms with E-state index in [1.807, 2.05) is 0 Å². The van der Waals surface area contributed by atoms with Gasteiger partial charge in [0.15, 0.2) is 0 Å². The number of carboxylic acid groups (broad SMARTS) is 1. The lowest BCUT2D eigenvalue weighted by Gasteiger charge is -2.34. The van der Waals surface area contributed by atoms with Crippen LogP contribution in [0.4, 0.5) is 18.9 Å². The molecular weight excluding hydrogens is 273 g/mol. The predicted octanol–water partition coefficient (Wildman–Crippen LogP) is 2.85. The molecular formula is C13H11F3N2O2. The molecule has 0 heterocycles. The van der Waals surface area contributed by atoms with Crippen LogP contribution >= 0.6 is 0 Å². The highest BCUT2D eigenvalue weighted by Gasteiger charge is 2.37. The molecule has 2 N–H and O–H groups in total. The number of halogens is 3. The number of hydrogen-bond acceptors (Lipinski definition) is 3. The largest absolute Gasteiger partial charge is 0.481 e. The molecule has 1 saturated carbocycles. The van der Waals surface area contributed by atoms with E-state index in [-0.39, 0.29) is 11.7 Å². The van der Waals surface area contributed by atoms with E-state index in [9.17, 15) is 18.0 Å². The van der Waals surface area contributed by atoms with Crippen LogP contribution in [0.3, 0.4) is 0 Å². The molecule has 1 aliphatic rings. The van der Waals surface area contributed by atoms with E-state index >= 15 is 0 Å². The molecule has 0 amide bonds. The number of alkyl halides is 3. The molecule has 0 aliphatic heterocycles. The van der Waals surface area contributed by atoms with E-state index in [0.29, 0.717) is 12.8 Å². The van der Waals surface area contributed by atoms with Gasteiger partial charge >= 0.3 is 12.1 Å². The number of nitrogens with one attached hydrogen (secondary N) is 1. The van der Waals surface area contributed by atoms with Crippen molar-refractivity contribution in [2.24, 2.45) is 5.92 Å². The normalized spacial score (nSPS) is 21.7. The molecule has 2 rings (SSSR count). The molecule has 0 saturated heterocycles. The van der Waals surface area contributed by atoms with Gasteiger partial charge in [-0.05, 0) is 31.0 Å². The lowest BCUT2D eigenvalue weighted by Crippen LogP contribution is -2.43. The molecule has 2 atom stereocenters. The molecule has 2 unspecified atom stereocenters. The van der Waals surface area contributed by atoms with E-state index in [2.05, 4.69) is 5.32 Å². The third-order valence-corrected chi connectivity index (χ3v) is 3.39. The Balaban J connectivity index is 2.22. The van der Waals surface area contributed by atoms with Crippen molar-refractivity contribution in [3.05, 3.63) is 29.3 Å². The highest BCUT2D eigenvalue weighted by atomic mass is 19.4. The van der Waals surface area contributed by atoms with E-state index in [1.165, 1.54) is 12.1 Å². The third-order valence-electron chi connectivity index (χ3n) is 3.39. The lowest BCUT2D eigenvalue weighted by molar-refractivity contribution is -0.145. The average Bonchev–Trinajstić information content (AvgIpc) is 2.32. The van der Waals surface area contributed by atoms with Gasteiger partial charge in [0.05, 0.1) is 23.1 Å². The highest BCUT2D eigenvalue weighted by molar-refractivity contribution is 5.73. The molecule has 1 aliphatic carbocycles. The van der Waals surface area contributed by atoms with Crippen molar-refractivity contribution < 1.29 is 23.1 Å². The molecule has 1 fully saturated rings. The molecule has 7 heteroatoms. The van der Waals surface area contributed by atoms with Crippen LogP contribution in [0, 0.1) is 17.2 Å². The van der Waals surface area contributed by atoms with Crippen molar-refractivity contribution in [1.29, 1.82) is 5.26 Å². The number of carboxylic acids is 1. The summed E-state index contributed by atoms with van der Waals surface area (Å²) in [6.07, 6.45) is -3.51. The fourth-order valence-corrected chi connectivity index (χ4v) is 2.15. The van der Waals surface area contributed by atoms with Crippen molar-refractivity contribution in [2.45, 2.75) is 25.1 Å². The standard InChI is InChI=1S/C13H11F3N2O2/c14-13(15,16)10-5-8(2-1-7(10)6-17)18-11-4-3-9(11)12(19)20/h1-2,5,9,11,18H,3-4H2,(H,19,20). The first kappa shape index (κ1) is 14.2. The Morgan fingerprint density at radius 1 is 1.40 bits per heavy atom. The quantitative estimate of drug-likeness (QED) is 0.895. The van der Waals surface area contributed by atoms with Crippen LogP contribution in [-0.4, -0.2) is 17.1 Å². The average molecular weight is 284 g/mol. The van der Waals surface area contributed by atoms with Gasteiger partial charge < -0.3 is 10.4 Å². The van der Waals surface area contributed by atoms with Gasteiger partial charge in [-0.2, -0.15) is 18.4 Å². The van der Waals surface area contributed by atoms with Crippen molar-refractivity contribution in [2.75, 3.05) is 5.32 Å². The van der Waals surface area contributed by atoms with Crippen molar-refractivity contribution in [3.8, 4) is 6.07 Å². The number of nitrogens with zero attached hydrogens (tertiary/aromatic N) is 1. The smallest absolute Gasteiger partial charge is 0.417 e. The summed E-state index contributed by atoms with van der Waals surface area (Å²) in [5.74, 6) is -1.54. The molecule has 1 aromatic carbocycles. The number of benzene rings is 1. The summed E-state index contributed by atoms with van der Waals surface area (Å²) in [5.41, 5.74) is -1.30. The number of nitriles is 1. The van der Waals surface area contributed by atoms with E-state index in [0.717, 1.165) is 12.1 Å². The summed E-state index contributed by atoms with van der Waals surface area (Å²) in [6, 6.07) is 4.40. The number of carbonyl (C=O) groups is 1. The van der Waals surface area contributed by atoms with Gasteiger partial charge in [-0.25, -0.2) is 0 Å². The monoisotopic (exact) mass is 284 g/mol. The van der Waals surface area contributed by atoms with Crippen LogP contribution in [0.1, 0.15) is 24.0 Å². The zero-order valence-corrected chi connectivity index (χ0v) is 10.2. The lowest BCUT2D eigenvalue weighted by atomic mass is 9.79. The Hall–Kier alpha value is -2.23. The van der Waals surface area contributed by atoms with Gasteiger partial charge in [0, 0.05) is 11.7 Å². The summed E-state index contributed by atoms with van der Waals surface area (Å²) < 4.78 is 38.3. The van der Waals surface area contributed by atoms with Gasteiger partial charge in [0.1, 0.15) is 0 Å². The first-order valence-corrected chi connectivity index (χ1v) is 5.93. The van der Waals surface area contributed by atoms with Crippen LogP contribution < -0.4 is 5.32 Å². The third kappa shape index (κ3) is 2.69. The molecule has 1 aromatic rings. The van der Waals surface area contributed by atoms with Crippen molar-refractivity contribution in [3.63, 3.8) is 0 Å². The van der Waals surface area contributed by atoms with E-state index in [4.69, 9.17) is 10.4 Å². The molecule has 0 bridgehead atoms. The van der Waals surface area contributed by atoms with E-state index < -0.39 is 29.2 Å². The summed E-state index contributed by atoms with van der Waals surface area (Å²) in [6.45, 7) is 0. The maximum Gasteiger partial charge on any atom is 0.417 e. The molecule has 0 spiro atoms. The number of aliphatic carboxylic acids is 1. The van der Waals surface area contributed by atoms with Gasteiger partial charge in [-0.3, -0.25) is 4.79 Å². The minimum atomic E-state index is -4.62. The maximum atomic E-state index is 12.8. The maximum absolute atomic E-state index is 12.8. The van der Waals surface area contributed by atoms with Crippen LogP contribution in [0.5, 0.6) is 0 Å². The number of anilines is 1.